The average molecular weight is 310 g/mol. The van der Waals surface area contributed by atoms with E-state index in [0.717, 1.165) is 12.2 Å². The molecule has 0 aromatic heterocycles. The van der Waals surface area contributed by atoms with E-state index in [1.807, 2.05) is 0 Å². The summed E-state index contributed by atoms with van der Waals surface area (Å²) in [6.45, 7) is 13.5. The molecule has 0 saturated carbocycles. The van der Waals surface area contributed by atoms with Crippen LogP contribution in [0.2, 0.25) is 0 Å². The summed E-state index contributed by atoms with van der Waals surface area (Å²) in [5.74, 6) is -1.46. The Morgan fingerprint density at radius 3 is 1.05 bits per heavy atom. The van der Waals surface area contributed by atoms with E-state index in [1.165, 1.54) is 12.2 Å². The van der Waals surface area contributed by atoms with Crippen molar-refractivity contribution in [1.29, 1.82) is 0 Å². The van der Waals surface area contributed by atoms with Crippen LogP contribution in [0.4, 0.5) is 0 Å². The first kappa shape index (κ1) is 23.9. The van der Waals surface area contributed by atoms with Crippen LogP contribution in [-0.2, 0) is 19.2 Å². The van der Waals surface area contributed by atoms with Crippen molar-refractivity contribution in [1.82, 2.24) is 10.6 Å². The lowest BCUT2D eigenvalue weighted by atomic mass is 10.5. The first-order valence-corrected chi connectivity index (χ1v) is 5.89. The zero-order chi connectivity index (χ0) is 18.0. The zero-order valence-corrected chi connectivity index (χ0v) is 12.3. The lowest BCUT2D eigenvalue weighted by Crippen LogP contribution is -2.32. The molecule has 0 rings (SSSR count). The third-order valence-electron chi connectivity index (χ3n) is 1.50. The number of carbonyl (C=O) groups excluding carboxylic acids is 4. The summed E-state index contributed by atoms with van der Waals surface area (Å²) < 4.78 is 0. The Kier molecular flexibility index (Phi) is 19.4. The van der Waals surface area contributed by atoms with E-state index in [4.69, 9.17) is 0 Å². The quantitative estimate of drug-likeness (QED) is 0.349. The molecule has 0 bridgehead atoms. The minimum atomic E-state index is -0.481. The largest absolute Gasteiger partial charge is 0.366 e. The Hall–Kier alpha value is -3.16. The molecular weight excluding hydrogens is 288 g/mol. The van der Waals surface area contributed by atoms with Crippen LogP contribution in [0.3, 0.4) is 0 Å². The summed E-state index contributed by atoms with van der Waals surface area (Å²) in [6.07, 6.45) is 4.46. The summed E-state index contributed by atoms with van der Waals surface area (Å²) in [4.78, 5) is 40.1. The highest BCUT2D eigenvalue weighted by Crippen LogP contribution is 1.67. The molecule has 4 amide bonds. The fourth-order valence-corrected chi connectivity index (χ4v) is 0.516. The van der Waals surface area contributed by atoms with Gasteiger partial charge in [0.15, 0.2) is 0 Å². The Bertz CT molecular complexity index is 391. The van der Waals surface area contributed by atoms with Crippen LogP contribution in [0.15, 0.2) is 50.6 Å². The normalized spacial score (nSPS) is 7.45. The van der Waals surface area contributed by atoms with Crippen LogP contribution in [-0.4, -0.2) is 36.7 Å². The van der Waals surface area contributed by atoms with Gasteiger partial charge in [-0.3, -0.25) is 19.2 Å². The molecule has 0 aliphatic carbocycles. The molecule has 22 heavy (non-hydrogen) atoms. The van der Waals surface area contributed by atoms with Crippen molar-refractivity contribution in [2.75, 3.05) is 13.1 Å². The predicted octanol–water partition coefficient (Wildman–Crippen LogP) is -1.09. The number of hydrogen-bond donors (Lipinski definition) is 4. The van der Waals surface area contributed by atoms with Crippen LogP contribution in [0.25, 0.3) is 0 Å². The van der Waals surface area contributed by atoms with Crippen molar-refractivity contribution in [3.8, 4) is 0 Å². The molecule has 0 aliphatic heterocycles. The van der Waals surface area contributed by atoms with Gasteiger partial charge in [-0.15, -0.1) is 0 Å². The van der Waals surface area contributed by atoms with E-state index in [2.05, 4.69) is 48.4 Å². The summed E-state index contributed by atoms with van der Waals surface area (Å²) >= 11 is 0. The van der Waals surface area contributed by atoms with E-state index in [9.17, 15) is 19.2 Å². The summed E-state index contributed by atoms with van der Waals surface area (Å²) in [5, 5.41) is 5.01. The molecule has 0 atom stereocenters. The van der Waals surface area contributed by atoms with E-state index >= 15 is 0 Å². The SMILES string of the molecule is C=CC(=O)NCCNC(=O)C=C.C=CC(N)=O.C=CC(N)=O. The van der Waals surface area contributed by atoms with Crippen LogP contribution < -0.4 is 22.1 Å². The van der Waals surface area contributed by atoms with Crippen molar-refractivity contribution in [2.24, 2.45) is 11.5 Å². The average Bonchev–Trinajstić information content (AvgIpc) is 2.51. The maximum absolute atomic E-state index is 10.6. The van der Waals surface area contributed by atoms with E-state index in [1.54, 1.807) is 0 Å². The molecule has 6 N–H and O–H groups in total. The van der Waals surface area contributed by atoms with Crippen LogP contribution in [0.1, 0.15) is 0 Å². The Morgan fingerprint density at radius 2 is 0.909 bits per heavy atom. The second-order valence-corrected chi connectivity index (χ2v) is 3.20. The molecule has 8 heteroatoms. The van der Waals surface area contributed by atoms with Crippen molar-refractivity contribution in [2.45, 2.75) is 0 Å². The molecule has 0 aliphatic rings. The topological polar surface area (TPSA) is 144 Å². The van der Waals surface area contributed by atoms with Gasteiger partial charge in [0, 0.05) is 13.1 Å². The molecule has 0 spiro atoms. The fraction of sp³-hybridized carbons (Fsp3) is 0.143. The third-order valence-corrected chi connectivity index (χ3v) is 1.50. The number of nitrogens with two attached hydrogens (primary N) is 2. The number of primary amides is 2. The Labute approximate surface area is 129 Å². The van der Waals surface area contributed by atoms with Crippen molar-refractivity contribution >= 4 is 23.6 Å². The highest BCUT2D eigenvalue weighted by Gasteiger charge is 1.93. The van der Waals surface area contributed by atoms with E-state index in [-0.39, 0.29) is 11.8 Å². The molecule has 8 nitrogen and oxygen atoms in total. The number of hydrogen-bond acceptors (Lipinski definition) is 4. The monoisotopic (exact) mass is 310 g/mol. The molecule has 0 saturated heterocycles. The summed E-state index contributed by atoms with van der Waals surface area (Å²) in [5.41, 5.74) is 9.07. The van der Waals surface area contributed by atoms with Gasteiger partial charge >= 0.3 is 0 Å². The third kappa shape index (κ3) is 30.1. The summed E-state index contributed by atoms with van der Waals surface area (Å²) in [7, 11) is 0. The van der Waals surface area contributed by atoms with Gasteiger partial charge in [0.25, 0.3) is 0 Å². The van der Waals surface area contributed by atoms with Crippen LogP contribution >= 0.6 is 0 Å². The zero-order valence-electron chi connectivity index (χ0n) is 12.3. The highest BCUT2D eigenvalue weighted by molar-refractivity contribution is 5.87. The standard InChI is InChI=1S/C8H12N2O2.2C3H5NO/c1-3-7(11)9-5-6-10-8(12)4-2;2*1-2-3(4)5/h3-4H,1-2,5-6H2,(H,9,11)(H,10,12);2*2H,1H2,(H2,4,5). The molecular formula is C14H22N4O4. The van der Waals surface area contributed by atoms with Crippen LogP contribution in [0, 0.1) is 0 Å². The van der Waals surface area contributed by atoms with E-state index < -0.39 is 11.8 Å². The molecule has 0 unspecified atom stereocenters. The first-order chi connectivity index (χ1) is 10.2. The van der Waals surface area contributed by atoms with Gasteiger partial charge in [-0.1, -0.05) is 26.3 Å². The van der Waals surface area contributed by atoms with Gasteiger partial charge in [0.05, 0.1) is 0 Å². The lowest BCUT2D eigenvalue weighted by Gasteiger charge is -2.01. The van der Waals surface area contributed by atoms with Gasteiger partial charge in [0.2, 0.25) is 23.6 Å². The highest BCUT2D eigenvalue weighted by atomic mass is 16.2. The van der Waals surface area contributed by atoms with Crippen molar-refractivity contribution < 1.29 is 19.2 Å². The minimum Gasteiger partial charge on any atom is -0.366 e. The van der Waals surface area contributed by atoms with Gasteiger partial charge in [-0.25, -0.2) is 0 Å². The Morgan fingerprint density at radius 1 is 0.682 bits per heavy atom. The van der Waals surface area contributed by atoms with E-state index in [0.29, 0.717) is 13.1 Å². The second kappa shape index (κ2) is 17.8. The molecule has 0 aromatic rings. The van der Waals surface area contributed by atoms with Gasteiger partial charge in [0.1, 0.15) is 0 Å². The number of amides is 4. The number of nitrogens with one attached hydrogen (secondary N) is 2. The van der Waals surface area contributed by atoms with Crippen molar-refractivity contribution in [3.05, 3.63) is 50.6 Å². The minimum absolute atomic E-state index is 0.247. The van der Waals surface area contributed by atoms with Crippen molar-refractivity contribution in [3.63, 3.8) is 0 Å². The second-order valence-electron chi connectivity index (χ2n) is 3.20. The molecule has 0 heterocycles. The number of carbonyl (C=O) groups is 4. The first-order valence-electron chi connectivity index (χ1n) is 5.89. The molecule has 0 aromatic carbocycles. The molecule has 0 fully saturated rings. The van der Waals surface area contributed by atoms with Gasteiger partial charge < -0.3 is 22.1 Å². The maximum Gasteiger partial charge on any atom is 0.243 e. The summed E-state index contributed by atoms with van der Waals surface area (Å²) in [6, 6.07) is 0. The maximum atomic E-state index is 10.6. The fourth-order valence-electron chi connectivity index (χ4n) is 0.516. The lowest BCUT2D eigenvalue weighted by molar-refractivity contribution is -0.118. The van der Waals surface area contributed by atoms with Crippen LogP contribution in [0.5, 0.6) is 0 Å². The molecule has 122 valence electrons. The Balaban J connectivity index is -0.000000298. The van der Waals surface area contributed by atoms with Gasteiger partial charge in [-0.2, -0.15) is 0 Å². The number of rotatable bonds is 7. The predicted molar refractivity (Wildman–Crippen MR) is 85.2 cm³/mol. The van der Waals surface area contributed by atoms with Gasteiger partial charge in [-0.05, 0) is 24.3 Å². The molecule has 0 radical (unpaired) electrons. The smallest absolute Gasteiger partial charge is 0.243 e.